The van der Waals surface area contributed by atoms with Crippen molar-refractivity contribution in [3.8, 4) is 21.1 Å². The number of benzene rings is 2. The standard InChI is InChI=1S/C39H40N4O8S4/c1-22-8-12-24(13-9-22)20-42-36-28(16-26-18-32(52-38(26)36)54(46,47)48)34(40-42)30(44)6-4-3-5-7-31(45)35-29-17-27-19-33(55(49,50)51)53-39(27)37(29)43(41-35)21-25-14-10-23(2)11-15-25/h8-15,18-19,30-31,44-45H,3-7,16-17,20-21H2,1-2H3,(H,46,47,48)(H,49,50,51). The Bertz CT molecular complexity index is 2460. The molecule has 2 unspecified atom stereocenters. The second-order valence-electron chi connectivity index (χ2n) is 14.5. The summed E-state index contributed by atoms with van der Waals surface area (Å²) in [5.41, 5.74) is 10.3. The summed E-state index contributed by atoms with van der Waals surface area (Å²) < 4.78 is 70.5. The van der Waals surface area contributed by atoms with Crippen molar-refractivity contribution in [2.75, 3.05) is 0 Å². The average Bonchev–Trinajstić information content (AvgIpc) is 3.95. The Morgan fingerprint density at radius 2 is 1.02 bits per heavy atom. The Kier molecular flexibility index (Phi) is 9.99. The van der Waals surface area contributed by atoms with Gasteiger partial charge in [-0.2, -0.15) is 27.0 Å². The van der Waals surface area contributed by atoms with Gasteiger partial charge >= 0.3 is 20.2 Å². The van der Waals surface area contributed by atoms with Gasteiger partial charge in [-0.3, -0.25) is 18.5 Å². The highest BCUT2D eigenvalue weighted by molar-refractivity contribution is 7.88. The van der Waals surface area contributed by atoms with E-state index in [0.29, 0.717) is 63.0 Å². The molecule has 0 spiro atoms. The minimum absolute atomic E-state index is 0.110. The molecule has 6 aromatic rings. The van der Waals surface area contributed by atoms with Crippen molar-refractivity contribution in [1.82, 2.24) is 19.6 Å². The van der Waals surface area contributed by atoms with Crippen LogP contribution < -0.4 is 0 Å². The number of rotatable bonds is 14. The molecule has 4 aromatic heterocycles. The van der Waals surface area contributed by atoms with E-state index >= 15 is 0 Å². The molecule has 0 radical (unpaired) electrons. The van der Waals surface area contributed by atoms with Crippen molar-refractivity contribution in [3.05, 3.63) is 117 Å². The van der Waals surface area contributed by atoms with Crippen LogP contribution in [0.15, 0.2) is 69.1 Å². The number of aliphatic hydroxyl groups excluding tert-OH is 2. The topological polar surface area (TPSA) is 185 Å². The lowest BCUT2D eigenvalue weighted by Gasteiger charge is -2.12. The van der Waals surface area contributed by atoms with Gasteiger partial charge in [0.25, 0.3) is 0 Å². The van der Waals surface area contributed by atoms with E-state index in [1.54, 1.807) is 0 Å². The summed E-state index contributed by atoms with van der Waals surface area (Å²) in [5, 5.41) is 32.6. The third kappa shape index (κ3) is 7.49. The van der Waals surface area contributed by atoms with Crippen LogP contribution in [0.4, 0.5) is 0 Å². The van der Waals surface area contributed by atoms with E-state index in [0.717, 1.165) is 94.7 Å². The third-order valence-corrected chi connectivity index (χ3v) is 15.4. The Labute approximate surface area is 327 Å². The van der Waals surface area contributed by atoms with Crippen LogP contribution in [0.3, 0.4) is 0 Å². The summed E-state index contributed by atoms with van der Waals surface area (Å²) in [6.45, 7) is 4.90. The van der Waals surface area contributed by atoms with Crippen molar-refractivity contribution in [3.63, 3.8) is 0 Å². The molecule has 55 heavy (non-hydrogen) atoms. The van der Waals surface area contributed by atoms with E-state index < -0.39 is 32.4 Å². The number of aromatic nitrogens is 4. The first-order valence-corrected chi connectivity index (χ1v) is 22.5. The van der Waals surface area contributed by atoms with Gasteiger partial charge in [-0.15, -0.1) is 22.7 Å². The van der Waals surface area contributed by atoms with E-state index in [4.69, 9.17) is 10.2 Å². The van der Waals surface area contributed by atoms with Gasteiger partial charge in [-0.25, -0.2) is 0 Å². The molecule has 288 valence electrons. The second-order valence-corrected chi connectivity index (χ2v) is 19.9. The van der Waals surface area contributed by atoms with Crippen LogP contribution in [0.5, 0.6) is 0 Å². The molecule has 0 aliphatic heterocycles. The van der Waals surface area contributed by atoms with Crippen LogP contribution in [0.1, 0.15) is 100 Å². The fraction of sp³-hybridized carbons (Fsp3) is 0.333. The van der Waals surface area contributed by atoms with Gasteiger partial charge in [0.15, 0.2) is 0 Å². The second kappa shape index (κ2) is 14.5. The van der Waals surface area contributed by atoms with Crippen molar-refractivity contribution < 1.29 is 36.2 Å². The molecule has 2 atom stereocenters. The van der Waals surface area contributed by atoms with Gasteiger partial charge < -0.3 is 10.2 Å². The third-order valence-electron chi connectivity index (χ3n) is 10.4. The molecule has 4 heterocycles. The zero-order valence-corrected chi connectivity index (χ0v) is 33.4. The molecule has 0 saturated heterocycles. The number of fused-ring (bicyclic) bond motifs is 6. The summed E-state index contributed by atoms with van der Waals surface area (Å²) in [5.74, 6) is 0. The Morgan fingerprint density at radius 3 is 1.38 bits per heavy atom. The molecule has 16 heteroatoms. The van der Waals surface area contributed by atoms with Crippen molar-refractivity contribution in [2.45, 2.75) is 92.5 Å². The Balaban J connectivity index is 0.954. The first-order valence-electron chi connectivity index (χ1n) is 18.0. The number of hydrogen-bond acceptors (Lipinski definition) is 10. The number of aryl methyl sites for hydroxylation is 2. The molecule has 2 aromatic carbocycles. The molecule has 4 N–H and O–H groups in total. The van der Waals surface area contributed by atoms with Gasteiger partial charge in [0, 0.05) is 24.0 Å². The first-order chi connectivity index (χ1) is 26.1. The number of aliphatic hydroxyl groups is 2. The van der Waals surface area contributed by atoms with Crippen LogP contribution in [0.25, 0.3) is 21.1 Å². The van der Waals surface area contributed by atoms with Crippen LogP contribution in [-0.2, 0) is 46.2 Å². The predicted octanol–water partition coefficient (Wildman–Crippen LogP) is 7.27. The van der Waals surface area contributed by atoms with E-state index in [2.05, 4.69) is 0 Å². The van der Waals surface area contributed by atoms with Gasteiger partial charge in [0.05, 0.1) is 57.8 Å². The predicted molar refractivity (Wildman–Crippen MR) is 210 cm³/mol. The lowest BCUT2D eigenvalue weighted by molar-refractivity contribution is 0.148. The summed E-state index contributed by atoms with van der Waals surface area (Å²) in [6, 6.07) is 19.2. The normalized spacial score (nSPS) is 14.5. The van der Waals surface area contributed by atoms with Crippen molar-refractivity contribution in [2.24, 2.45) is 0 Å². The molecule has 2 aliphatic carbocycles. The highest BCUT2D eigenvalue weighted by Gasteiger charge is 2.35. The minimum atomic E-state index is -4.35. The van der Waals surface area contributed by atoms with Crippen molar-refractivity contribution >= 4 is 42.9 Å². The fourth-order valence-corrected chi connectivity index (χ4v) is 11.5. The smallest absolute Gasteiger partial charge is 0.304 e. The minimum Gasteiger partial charge on any atom is -0.387 e. The average molecular weight is 821 g/mol. The molecule has 0 amide bonds. The highest BCUT2D eigenvalue weighted by Crippen LogP contribution is 2.48. The summed E-state index contributed by atoms with van der Waals surface area (Å²) in [4.78, 5) is 1.47. The van der Waals surface area contributed by atoms with Gasteiger partial charge in [0.2, 0.25) is 0 Å². The molecule has 0 saturated carbocycles. The number of thiophene rings is 2. The van der Waals surface area contributed by atoms with Crippen LogP contribution in [0, 0.1) is 13.8 Å². The largest absolute Gasteiger partial charge is 0.387 e. The van der Waals surface area contributed by atoms with E-state index in [-0.39, 0.29) is 8.42 Å². The SMILES string of the molecule is Cc1ccc(Cn2nc(C(O)CCCCCC(O)c3nn(Cc4ccc(C)cc4)c4c3Cc3cc(S(=O)(=O)O)sc3-4)c3c2-c2sc(S(=O)(=O)O)cc2C3)cc1. The quantitative estimate of drug-likeness (QED) is 0.0643. The monoisotopic (exact) mass is 820 g/mol. The highest BCUT2D eigenvalue weighted by atomic mass is 32.3. The summed E-state index contributed by atoms with van der Waals surface area (Å²) in [6.07, 6.45) is 2.12. The van der Waals surface area contributed by atoms with Gasteiger partial charge in [-0.1, -0.05) is 78.9 Å². The number of hydrogen-bond donors (Lipinski definition) is 4. The van der Waals surface area contributed by atoms with E-state index in [1.165, 1.54) is 12.1 Å². The Hall–Kier alpha value is -4.00. The molecule has 12 nitrogen and oxygen atoms in total. The maximum Gasteiger partial charge on any atom is 0.304 e. The molecule has 2 aliphatic rings. The number of nitrogens with zero attached hydrogens (tertiary/aromatic N) is 4. The van der Waals surface area contributed by atoms with Crippen LogP contribution in [-0.4, -0.2) is 55.7 Å². The van der Waals surface area contributed by atoms with Crippen molar-refractivity contribution in [1.29, 1.82) is 0 Å². The van der Waals surface area contributed by atoms with Gasteiger partial charge in [0.1, 0.15) is 8.42 Å². The lowest BCUT2D eigenvalue weighted by Crippen LogP contribution is -2.07. The van der Waals surface area contributed by atoms with E-state index in [9.17, 15) is 36.2 Å². The Morgan fingerprint density at radius 1 is 0.636 bits per heavy atom. The van der Waals surface area contributed by atoms with Crippen LogP contribution >= 0.6 is 22.7 Å². The maximum absolute atomic E-state index is 11.9. The lowest BCUT2D eigenvalue weighted by atomic mass is 10.0. The zero-order valence-electron chi connectivity index (χ0n) is 30.1. The van der Waals surface area contributed by atoms with E-state index in [1.807, 2.05) is 71.7 Å². The molecule has 0 fully saturated rings. The molecular weight excluding hydrogens is 781 g/mol. The zero-order chi connectivity index (χ0) is 38.8. The molecular formula is C39H40N4O8S4. The first kappa shape index (κ1) is 37.9. The number of unbranched alkanes of at least 4 members (excludes halogenated alkanes) is 2. The molecule has 0 bridgehead atoms. The fourth-order valence-electron chi connectivity index (χ4n) is 7.62. The summed E-state index contributed by atoms with van der Waals surface area (Å²) in [7, 11) is -8.71. The van der Waals surface area contributed by atoms with Gasteiger partial charge in [-0.05, 0) is 61.1 Å². The maximum atomic E-state index is 11.9. The van der Waals surface area contributed by atoms with Crippen LogP contribution in [0.2, 0.25) is 0 Å². The molecule has 8 rings (SSSR count). The summed E-state index contributed by atoms with van der Waals surface area (Å²) >= 11 is 2.03.